The van der Waals surface area contributed by atoms with Crippen molar-refractivity contribution in [2.75, 3.05) is 13.1 Å². The Hall–Kier alpha value is -1.40. The highest BCUT2D eigenvalue weighted by molar-refractivity contribution is 5.85. The number of ether oxygens (including phenoxy) is 1. The van der Waals surface area contributed by atoms with E-state index in [0.29, 0.717) is 6.10 Å². The van der Waals surface area contributed by atoms with Crippen molar-refractivity contribution in [3.05, 3.63) is 18.5 Å². The second-order valence-electron chi connectivity index (χ2n) is 6.42. The molecule has 2 N–H and O–H groups in total. The van der Waals surface area contributed by atoms with Gasteiger partial charge in [0.05, 0.1) is 18.2 Å². The van der Waals surface area contributed by atoms with Crippen molar-refractivity contribution in [3.8, 4) is 0 Å². The van der Waals surface area contributed by atoms with E-state index in [-0.39, 0.29) is 18.1 Å². The lowest BCUT2D eigenvalue weighted by Crippen LogP contribution is -2.57. The lowest BCUT2D eigenvalue weighted by Gasteiger charge is -2.37. The summed E-state index contributed by atoms with van der Waals surface area (Å²) >= 11 is 0. The van der Waals surface area contributed by atoms with Crippen molar-refractivity contribution < 1.29 is 9.53 Å². The van der Waals surface area contributed by atoms with Gasteiger partial charge in [0.15, 0.2) is 0 Å². The van der Waals surface area contributed by atoms with Crippen LogP contribution in [0.3, 0.4) is 0 Å². The summed E-state index contributed by atoms with van der Waals surface area (Å²) in [6, 6.07) is 2.07. The van der Waals surface area contributed by atoms with Gasteiger partial charge in [-0.1, -0.05) is 0 Å². The smallest absolute Gasteiger partial charge is 0.248 e. The van der Waals surface area contributed by atoms with Crippen LogP contribution in [0.25, 0.3) is 0 Å². The Morgan fingerprint density at radius 2 is 2.24 bits per heavy atom. The fourth-order valence-corrected chi connectivity index (χ4v) is 4.02. The topological polar surface area (TPSA) is 68.2 Å². The van der Waals surface area contributed by atoms with Crippen molar-refractivity contribution in [1.29, 1.82) is 0 Å². The van der Waals surface area contributed by atoms with E-state index in [1.165, 1.54) is 0 Å². The van der Waals surface area contributed by atoms with Gasteiger partial charge in [0, 0.05) is 12.4 Å². The summed E-state index contributed by atoms with van der Waals surface area (Å²) in [6.45, 7) is 1.70. The maximum atomic E-state index is 13.0. The lowest BCUT2D eigenvalue weighted by atomic mass is 9.86. The van der Waals surface area contributed by atoms with Crippen molar-refractivity contribution in [2.45, 2.75) is 55.9 Å². The molecule has 3 aliphatic heterocycles. The van der Waals surface area contributed by atoms with Gasteiger partial charge in [-0.05, 0) is 51.3 Å². The average molecular weight is 290 g/mol. The first-order chi connectivity index (χ1) is 10.3. The van der Waals surface area contributed by atoms with Gasteiger partial charge in [0.1, 0.15) is 5.54 Å². The van der Waals surface area contributed by atoms with Gasteiger partial charge in [-0.2, -0.15) is 5.10 Å². The molecule has 1 amide bonds. The summed E-state index contributed by atoms with van der Waals surface area (Å²) in [5, 5.41) is 10.9. The number of hydrogen-bond acceptors (Lipinski definition) is 4. The quantitative estimate of drug-likeness (QED) is 0.845. The molecule has 2 bridgehead atoms. The summed E-state index contributed by atoms with van der Waals surface area (Å²) in [5.74, 6) is 0.105. The van der Waals surface area contributed by atoms with Crippen LogP contribution in [-0.2, 0) is 15.1 Å². The van der Waals surface area contributed by atoms with Gasteiger partial charge < -0.3 is 15.4 Å². The molecule has 0 aliphatic carbocycles. The summed E-state index contributed by atoms with van der Waals surface area (Å²) in [6.07, 6.45) is 8.97. The Balaban J connectivity index is 1.54. The first-order valence-corrected chi connectivity index (χ1v) is 7.95. The third-order valence-corrected chi connectivity index (χ3v) is 5.22. The average Bonchev–Trinajstić information content (AvgIpc) is 3.25. The number of aromatic nitrogens is 2. The van der Waals surface area contributed by atoms with Gasteiger partial charge in [0.2, 0.25) is 5.91 Å². The molecule has 3 aliphatic rings. The third-order valence-electron chi connectivity index (χ3n) is 5.22. The van der Waals surface area contributed by atoms with E-state index in [2.05, 4.69) is 15.7 Å². The molecular formula is C15H22N4O2. The molecule has 0 spiro atoms. The number of carbonyl (C=O) groups excluding carboxylic acids is 1. The van der Waals surface area contributed by atoms with E-state index in [1.54, 1.807) is 6.20 Å². The van der Waals surface area contributed by atoms with Gasteiger partial charge >= 0.3 is 0 Å². The molecule has 114 valence electrons. The summed E-state index contributed by atoms with van der Waals surface area (Å²) < 4.78 is 7.69. The van der Waals surface area contributed by atoms with Crippen LogP contribution in [-0.4, -0.2) is 47.0 Å². The van der Waals surface area contributed by atoms with Crippen LogP contribution in [0.15, 0.2) is 18.5 Å². The van der Waals surface area contributed by atoms with Crippen molar-refractivity contribution >= 4 is 5.91 Å². The molecule has 3 saturated heterocycles. The number of fused-ring (bicyclic) bond motifs is 2. The van der Waals surface area contributed by atoms with Crippen LogP contribution in [0.1, 0.15) is 32.1 Å². The molecule has 3 atom stereocenters. The lowest BCUT2D eigenvalue weighted by molar-refractivity contribution is -0.133. The molecule has 3 unspecified atom stereocenters. The van der Waals surface area contributed by atoms with Crippen LogP contribution in [0.4, 0.5) is 0 Å². The van der Waals surface area contributed by atoms with E-state index < -0.39 is 5.54 Å². The minimum absolute atomic E-state index is 0.105. The highest BCUT2D eigenvalue weighted by Gasteiger charge is 2.46. The summed E-state index contributed by atoms with van der Waals surface area (Å²) in [4.78, 5) is 13.0. The number of carbonyl (C=O) groups is 1. The molecule has 1 aromatic heterocycles. The van der Waals surface area contributed by atoms with Gasteiger partial charge in [-0.3, -0.25) is 9.48 Å². The normalized spacial score (nSPS) is 34.0. The first kappa shape index (κ1) is 13.3. The largest absolute Gasteiger partial charge is 0.373 e. The highest BCUT2D eigenvalue weighted by atomic mass is 16.5. The number of nitrogens with zero attached hydrogens (tertiary/aromatic N) is 2. The second-order valence-corrected chi connectivity index (χ2v) is 6.42. The van der Waals surface area contributed by atoms with E-state index in [0.717, 1.165) is 45.2 Å². The fourth-order valence-electron chi connectivity index (χ4n) is 4.02. The van der Waals surface area contributed by atoms with E-state index in [1.807, 2.05) is 16.9 Å². The zero-order valence-electron chi connectivity index (χ0n) is 12.1. The van der Waals surface area contributed by atoms with Crippen molar-refractivity contribution in [2.24, 2.45) is 0 Å². The number of amides is 1. The van der Waals surface area contributed by atoms with Crippen molar-refractivity contribution in [1.82, 2.24) is 20.4 Å². The molecule has 0 saturated carbocycles. The number of piperidine rings is 1. The second kappa shape index (κ2) is 5.10. The molecule has 4 heterocycles. The SMILES string of the molecule is O=C(NC1CC2CCC1O2)C1(n2cccn2)CCNCC1. The molecule has 21 heavy (non-hydrogen) atoms. The Labute approximate surface area is 124 Å². The zero-order chi connectivity index (χ0) is 14.3. The molecule has 6 nitrogen and oxygen atoms in total. The third kappa shape index (κ3) is 2.17. The standard InChI is InChI=1S/C15H22N4O2/c20-14(18-12-10-11-2-3-13(12)21-11)15(4-7-16-8-5-15)19-9-1-6-17-19/h1,6,9,11-13,16H,2-5,7-8,10H2,(H,18,20). The Bertz CT molecular complexity index is 510. The van der Waals surface area contributed by atoms with Crippen LogP contribution >= 0.6 is 0 Å². The maximum absolute atomic E-state index is 13.0. The van der Waals surface area contributed by atoms with Gasteiger partial charge in [-0.15, -0.1) is 0 Å². The Kier molecular flexibility index (Phi) is 3.23. The molecule has 6 heteroatoms. The number of hydrogen-bond donors (Lipinski definition) is 2. The predicted molar refractivity (Wildman–Crippen MR) is 76.7 cm³/mol. The molecular weight excluding hydrogens is 268 g/mol. The predicted octanol–water partition coefficient (Wildman–Crippen LogP) is 0.398. The Morgan fingerprint density at radius 1 is 1.38 bits per heavy atom. The summed E-state index contributed by atoms with van der Waals surface area (Å²) in [7, 11) is 0. The van der Waals surface area contributed by atoms with E-state index in [9.17, 15) is 4.79 Å². The number of nitrogens with one attached hydrogen (secondary N) is 2. The summed E-state index contributed by atoms with van der Waals surface area (Å²) in [5.41, 5.74) is -0.545. The molecule has 4 rings (SSSR count). The zero-order valence-corrected chi connectivity index (χ0v) is 12.1. The fraction of sp³-hybridized carbons (Fsp3) is 0.733. The molecule has 0 radical (unpaired) electrons. The minimum Gasteiger partial charge on any atom is -0.373 e. The van der Waals surface area contributed by atoms with Crippen LogP contribution in [0.5, 0.6) is 0 Å². The monoisotopic (exact) mass is 290 g/mol. The Morgan fingerprint density at radius 3 is 2.86 bits per heavy atom. The van der Waals surface area contributed by atoms with Crippen LogP contribution < -0.4 is 10.6 Å². The van der Waals surface area contributed by atoms with E-state index in [4.69, 9.17) is 4.74 Å². The van der Waals surface area contributed by atoms with Gasteiger partial charge in [0.25, 0.3) is 0 Å². The molecule has 1 aromatic rings. The van der Waals surface area contributed by atoms with Crippen LogP contribution in [0, 0.1) is 0 Å². The van der Waals surface area contributed by atoms with Gasteiger partial charge in [-0.25, -0.2) is 0 Å². The molecule has 0 aromatic carbocycles. The van der Waals surface area contributed by atoms with Crippen LogP contribution in [0.2, 0.25) is 0 Å². The molecule has 3 fully saturated rings. The highest BCUT2D eigenvalue weighted by Crippen LogP contribution is 2.35. The first-order valence-electron chi connectivity index (χ1n) is 7.95. The van der Waals surface area contributed by atoms with E-state index >= 15 is 0 Å². The maximum Gasteiger partial charge on any atom is 0.248 e. The van der Waals surface area contributed by atoms with Crippen molar-refractivity contribution in [3.63, 3.8) is 0 Å². The minimum atomic E-state index is -0.545. The number of rotatable bonds is 3.